The van der Waals surface area contributed by atoms with Crippen LogP contribution in [0.15, 0.2) is 83.8 Å². The van der Waals surface area contributed by atoms with Crippen molar-refractivity contribution < 1.29 is 23.1 Å². The summed E-state index contributed by atoms with van der Waals surface area (Å²) in [4.78, 5) is 26.1. The van der Waals surface area contributed by atoms with Crippen molar-refractivity contribution in [1.29, 1.82) is 0 Å². The predicted molar refractivity (Wildman–Crippen MR) is 139 cm³/mol. The molecule has 1 atom stereocenters. The molecule has 0 aliphatic carbocycles. The second kappa shape index (κ2) is 11.4. The highest BCUT2D eigenvalue weighted by Gasteiger charge is 2.26. The first-order chi connectivity index (χ1) is 17.3. The molecule has 0 radical (unpaired) electrons. The second-order valence-electron chi connectivity index (χ2n) is 8.73. The first-order valence-electron chi connectivity index (χ1n) is 11.9. The van der Waals surface area contributed by atoms with Crippen LogP contribution in [-0.2, 0) is 19.6 Å². The van der Waals surface area contributed by atoms with Crippen LogP contribution in [0.2, 0.25) is 0 Å². The molecule has 188 valence electrons. The van der Waals surface area contributed by atoms with E-state index in [1.54, 1.807) is 36.4 Å². The van der Waals surface area contributed by atoms with Gasteiger partial charge in [-0.05, 0) is 66.8 Å². The molecule has 1 amide bonds. The minimum Gasteiger partial charge on any atom is -0.480 e. The summed E-state index contributed by atoms with van der Waals surface area (Å²) in [7, 11) is -4.10. The van der Waals surface area contributed by atoms with Crippen LogP contribution in [0.1, 0.15) is 25.7 Å². The fourth-order valence-electron chi connectivity index (χ4n) is 4.18. The highest BCUT2D eigenvalue weighted by molar-refractivity contribution is 7.89. The molecule has 3 N–H and O–H groups in total. The first kappa shape index (κ1) is 25.4. The number of aliphatic carboxylic acids is 1. The molecule has 0 bridgehead atoms. The van der Waals surface area contributed by atoms with Gasteiger partial charge in [0.2, 0.25) is 15.9 Å². The van der Waals surface area contributed by atoms with E-state index in [1.165, 1.54) is 30.7 Å². The average Bonchev–Trinajstić information content (AvgIpc) is 3.42. The van der Waals surface area contributed by atoms with Gasteiger partial charge >= 0.3 is 5.97 Å². The molecule has 8 nitrogen and oxygen atoms in total. The quantitative estimate of drug-likeness (QED) is 0.380. The third-order valence-electron chi connectivity index (χ3n) is 6.15. The molecule has 1 heterocycles. The van der Waals surface area contributed by atoms with Gasteiger partial charge in [0.25, 0.3) is 0 Å². The standard InChI is InChI=1S/C27H29N3O5S/c31-26(28-22-6-2-1-3-7-22)17-16-25(27(32)33)29-36(34,35)24-14-10-21(11-15-24)20-8-12-23(13-9-20)30-18-4-5-19-30/h1-3,6-15,25,29H,4-5,16-19H2,(H,28,31)(H,32,33). The number of benzene rings is 3. The zero-order valence-corrected chi connectivity index (χ0v) is 20.6. The number of nitrogens with one attached hydrogen (secondary N) is 2. The summed E-state index contributed by atoms with van der Waals surface area (Å²) < 4.78 is 27.9. The molecule has 0 spiro atoms. The van der Waals surface area contributed by atoms with Gasteiger partial charge in [-0.25, -0.2) is 8.42 Å². The Morgan fingerprint density at radius 2 is 1.44 bits per heavy atom. The van der Waals surface area contributed by atoms with Crippen molar-refractivity contribution in [2.24, 2.45) is 0 Å². The molecular formula is C27H29N3O5S. The van der Waals surface area contributed by atoms with Gasteiger partial charge in [-0.1, -0.05) is 42.5 Å². The molecule has 0 saturated carbocycles. The zero-order chi connectivity index (χ0) is 25.5. The highest BCUT2D eigenvalue weighted by Crippen LogP contribution is 2.26. The van der Waals surface area contributed by atoms with Crippen LogP contribution in [-0.4, -0.2) is 44.5 Å². The predicted octanol–water partition coefficient (Wildman–Crippen LogP) is 4.10. The van der Waals surface area contributed by atoms with E-state index < -0.39 is 27.9 Å². The van der Waals surface area contributed by atoms with Crippen LogP contribution in [0.5, 0.6) is 0 Å². The molecule has 0 aromatic heterocycles. The maximum absolute atomic E-state index is 12.8. The summed E-state index contributed by atoms with van der Waals surface area (Å²) in [5.74, 6) is -1.74. The monoisotopic (exact) mass is 507 g/mol. The Balaban J connectivity index is 1.38. The summed E-state index contributed by atoms with van der Waals surface area (Å²) in [6, 6.07) is 21.8. The molecule has 3 aromatic rings. The van der Waals surface area contributed by atoms with E-state index in [-0.39, 0.29) is 17.7 Å². The van der Waals surface area contributed by atoms with E-state index in [0.29, 0.717) is 5.69 Å². The van der Waals surface area contributed by atoms with Crippen LogP contribution < -0.4 is 14.9 Å². The number of anilines is 2. The molecule has 1 fully saturated rings. The number of hydrogen-bond donors (Lipinski definition) is 3. The summed E-state index contributed by atoms with van der Waals surface area (Å²) in [5.41, 5.74) is 3.58. The van der Waals surface area contributed by atoms with Crippen molar-refractivity contribution in [3.8, 4) is 11.1 Å². The molecule has 3 aromatic carbocycles. The van der Waals surface area contributed by atoms with Crippen molar-refractivity contribution in [2.75, 3.05) is 23.3 Å². The molecule has 1 aliphatic heterocycles. The fourth-order valence-corrected chi connectivity index (χ4v) is 5.40. The highest BCUT2D eigenvalue weighted by atomic mass is 32.2. The third kappa shape index (κ3) is 6.50. The van der Waals surface area contributed by atoms with Crippen LogP contribution in [0.3, 0.4) is 0 Å². The van der Waals surface area contributed by atoms with E-state index in [9.17, 15) is 23.1 Å². The fraction of sp³-hybridized carbons (Fsp3) is 0.259. The molecule has 36 heavy (non-hydrogen) atoms. The number of nitrogens with zero attached hydrogens (tertiary/aromatic N) is 1. The minimum absolute atomic E-state index is 0.0417. The van der Waals surface area contributed by atoms with Crippen molar-refractivity contribution in [1.82, 2.24) is 4.72 Å². The lowest BCUT2D eigenvalue weighted by atomic mass is 10.1. The van der Waals surface area contributed by atoms with Gasteiger partial charge in [-0.3, -0.25) is 9.59 Å². The van der Waals surface area contributed by atoms with Crippen LogP contribution >= 0.6 is 0 Å². The summed E-state index contributed by atoms with van der Waals surface area (Å²) in [6.07, 6.45) is 2.07. The van der Waals surface area contributed by atoms with Gasteiger partial charge < -0.3 is 15.3 Å². The molecule has 1 aliphatic rings. The number of amides is 1. The van der Waals surface area contributed by atoms with E-state index in [1.807, 2.05) is 18.2 Å². The Morgan fingerprint density at radius 3 is 2.03 bits per heavy atom. The number of para-hydroxylation sites is 1. The Kier molecular flexibility index (Phi) is 8.02. The Hall–Kier alpha value is -3.69. The van der Waals surface area contributed by atoms with E-state index >= 15 is 0 Å². The molecule has 9 heteroatoms. The van der Waals surface area contributed by atoms with Crippen molar-refractivity contribution in [3.05, 3.63) is 78.9 Å². The average molecular weight is 508 g/mol. The number of carbonyl (C=O) groups excluding carboxylic acids is 1. The van der Waals surface area contributed by atoms with Crippen LogP contribution in [0, 0.1) is 0 Å². The zero-order valence-electron chi connectivity index (χ0n) is 19.8. The lowest BCUT2D eigenvalue weighted by Gasteiger charge is -2.18. The number of hydrogen-bond acceptors (Lipinski definition) is 5. The summed E-state index contributed by atoms with van der Waals surface area (Å²) in [6.45, 7) is 2.13. The minimum atomic E-state index is -4.10. The van der Waals surface area contributed by atoms with Gasteiger partial charge in [-0.15, -0.1) is 0 Å². The van der Waals surface area contributed by atoms with Gasteiger partial charge in [0, 0.05) is 30.9 Å². The van der Waals surface area contributed by atoms with Gasteiger partial charge in [0.05, 0.1) is 4.90 Å². The van der Waals surface area contributed by atoms with Crippen LogP contribution in [0.4, 0.5) is 11.4 Å². The number of carboxylic acids is 1. The number of rotatable bonds is 10. The number of sulfonamides is 1. The maximum Gasteiger partial charge on any atom is 0.321 e. The number of carboxylic acid groups (broad SMARTS) is 1. The van der Waals surface area contributed by atoms with Gasteiger partial charge in [0.15, 0.2) is 0 Å². The normalized spacial score (nSPS) is 14.4. The van der Waals surface area contributed by atoms with Crippen molar-refractivity contribution >= 4 is 33.3 Å². The largest absolute Gasteiger partial charge is 0.480 e. The Bertz CT molecular complexity index is 1290. The first-order valence-corrected chi connectivity index (χ1v) is 13.4. The van der Waals surface area contributed by atoms with Gasteiger partial charge in [0.1, 0.15) is 6.04 Å². The molecule has 1 saturated heterocycles. The van der Waals surface area contributed by atoms with Gasteiger partial charge in [-0.2, -0.15) is 4.72 Å². The van der Waals surface area contributed by atoms with E-state index in [4.69, 9.17) is 0 Å². The van der Waals surface area contributed by atoms with Crippen molar-refractivity contribution in [3.63, 3.8) is 0 Å². The summed E-state index contributed by atoms with van der Waals surface area (Å²) >= 11 is 0. The summed E-state index contributed by atoms with van der Waals surface area (Å²) in [5, 5.41) is 12.2. The second-order valence-corrected chi connectivity index (χ2v) is 10.4. The maximum atomic E-state index is 12.8. The Morgan fingerprint density at radius 1 is 0.861 bits per heavy atom. The lowest BCUT2D eigenvalue weighted by molar-refractivity contribution is -0.139. The molecule has 1 unspecified atom stereocenters. The molecular weight excluding hydrogens is 478 g/mol. The van der Waals surface area contributed by atoms with E-state index in [0.717, 1.165) is 24.2 Å². The van der Waals surface area contributed by atoms with E-state index in [2.05, 4.69) is 27.1 Å². The smallest absolute Gasteiger partial charge is 0.321 e. The van der Waals surface area contributed by atoms with Crippen molar-refractivity contribution in [2.45, 2.75) is 36.6 Å². The van der Waals surface area contributed by atoms with Crippen LogP contribution in [0.25, 0.3) is 11.1 Å². The molecule has 4 rings (SSSR count). The lowest BCUT2D eigenvalue weighted by Crippen LogP contribution is -2.41. The Labute approximate surface area is 211 Å². The SMILES string of the molecule is O=C(CCC(NS(=O)(=O)c1ccc(-c2ccc(N3CCCC3)cc2)cc1)C(=O)O)Nc1ccccc1. The number of carbonyl (C=O) groups is 2. The third-order valence-corrected chi connectivity index (χ3v) is 7.64. The topological polar surface area (TPSA) is 116 Å².